The van der Waals surface area contributed by atoms with Crippen molar-refractivity contribution in [2.45, 2.75) is 45.8 Å². The molecule has 0 saturated carbocycles. The summed E-state index contributed by atoms with van der Waals surface area (Å²) >= 11 is 6.01. The van der Waals surface area contributed by atoms with E-state index in [0.717, 1.165) is 0 Å². The quantitative estimate of drug-likeness (QED) is 0.635. The number of benzene rings is 1. The van der Waals surface area contributed by atoms with Crippen LogP contribution in [-0.4, -0.2) is 29.4 Å². The fraction of sp³-hybridized carbons (Fsp3) is 0.438. The van der Waals surface area contributed by atoms with Crippen LogP contribution in [0, 0.1) is 0 Å². The van der Waals surface area contributed by atoms with E-state index < -0.39 is 23.0 Å². The number of hydrogen-bond donors (Lipinski definition) is 2. The topological polar surface area (TPSA) is 84.5 Å². The van der Waals surface area contributed by atoms with Gasteiger partial charge in [-0.2, -0.15) is 0 Å². The fourth-order valence-electron chi connectivity index (χ4n) is 1.87. The van der Waals surface area contributed by atoms with Gasteiger partial charge in [-0.15, -0.1) is 0 Å². The van der Waals surface area contributed by atoms with Crippen LogP contribution in [0.15, 0.2) is 18.2 Å². The molecule has 0 spiro atoms. The van der Waals surface area contributed by atoms with Crippen LogP contribution in [0.25, 0.3) is 0 Å². The number of ketones is 1. The Bertz CT molecular complexity index is 621. The zero-order chi connectivity index (χ0) is 17.8. The first-order chi connectivity index (χ1) is 10.5. The second-order valence-electron chi connectivity index (χ2n) is 6.51. The summed E-state index contributed by atoms with van der Waals surface area (Å²) in [5.41, 5.74) is -1.52. The number of ether oxygens (including phenoxy) is 1. The highest BCUT2D eigenvalue weighted by Crippen LogP contribution is 2.28. The molecule has 0 aliphatic carbocycles. The van der Waals surface area contributed by atoms with Crippen LogP contribution in [0.4, 0.5) is 10.5 Å². The van der Waals surface area contributed by atoms with Gasteiger partial charge in [-0.05, 0) is 46.8 Å². The van der Waals surface area contributed by atoms with Crippen molar-refractivity contribution < 1.29 is 19.1 Å². The van der Waals surface area contributed by atoms with Crippen LogP contribution in [0.5, 0.6) is 0 Å². The maximum atomic E-state index is 12.7. The number of alkyl carbamates (subject to hydrolysis) is 1. The van der Waals surface area contributed by atoms with Crippen LogP contribution in [0.2, 0.25) is 5.02 Å². The molecule has 0 bridgehead atoms. The smallest absolute Gasteiger partial charge is 0.408 e. The molecule has 1 rings (SSSR count). The van der Waals surface area contributed by atoms with E-state index in [1.807, 2.05) is 0 Å². The zero-order valence-corrected chi connectivity index (χ0v) is 14.6. The number of rotatable bonds is 5. The number of anilines is 1. The number of para-hydroxylation sites is 1. The van der Waals surface area contributed by atoms with E-state index in [2.05, 4.69) is 10.6 Å². The van der Waals surface area contributed by atoms with Crippen LogP contribution >= 0.6 is 11.6 Å². The van der Waals surface area contributed by atoms with Crippen molar-refractivity contribution in [3.8, 4) is 0 Å². The molecule has 23 heavy (non-hydrogen) atoms. The molecule has 126 valence electrons. The van der Waals surface area contributed by atoms with Crippen LogP contribution in [0.3, 0.4) is 0 Å². The first kappa shape index (κ1) is 19.0. The highest BCUT2D eigenvalue weighted by molar-refractivity contribution is 6.34. The Morgan fingerprint density at radius 1 is 1.17 bits per heavy atom. The van der Waals surface area contributed by atoms with Crippen molar-refractivity contribution >= 4 is 35.6 Å². The number of carbonyl (C=O) groups is 3. The van der Waals surface area contributed by atoms with Gasteiger partial charge >= 0.3 is 6.09 Å². The third-order valence-corrected chi connectivity index (χ3v) is 3.16. The molecule has 1 aromatic rings. The Labute approximate surface area is 140 Å². The lowest BCUT2D eigenvalue weighted by atomic mass is 9.92. The molecule has 0 heterocycles. The molecule has 2 N–H and O–H groups in total. The number of halogens is 1. The first-order valence-corrected chi connectivity index (χ1v) is 7.40. The summed E-state index contributed by atoms with van der Waals surface area (Å²) in [6.45, 7) is 8.27. The van der Waals surface area contributed by atoms with Gasteiger partial charge in [0.1, 0.15) is 11.1 Å². The summed E-state index contributed by atoms with van der Waals surface area (Å²) in [5, 5.41) is 5.17. The lowest BCUT2D eigenvalue weighted by Gasteiger charge is -2.28. The number of amides is 2. The Hall–Kier alpha value is -2.08. The summed E-state index contributed by atoms with van der Waals surface area (Å²) in [5.74, 6) is -0.407. The summed E-state index contributed by atoms with van der Waals surface area (Å²) in [6, 6.07) is 4.67. The van der Waals surface area contributed by atoms with Gasteiger partial charge in [-0.3, -0.25) is 9.59 Å². The molecule has 0 aromatic heterocycles. The minimum absolute atomic E-state index is 0.200. The third kappa shape index (κ3) is 5.25. The van der Waals surface area contributed by atoms with E-state index >= 15 is 0 Å². The van der Waals surface area contributed by atoms with Crippen molar-refractivity contribution in [3.63, 3.8) is 0 Å². The van der Waals surface area contributed by atoms with Gasteiger partial charge in [0, 0.05) is 5.56 Å². The van der Waals surface area contributed by atoms with Crippen molar-refractivity contribution in [1.29, 1.82) is 0 Å². The minimum atomic E-state index is -1.24. The van der Waals surface area contributed by atoms with Crippen LogP contribution in [-0.2, 0) is 9.53 Å². The summed E-state index contributed by atoms with van der Waals surface area (Å²) in [6.07, 6.45) is -0.269. The lowest BCUT2D eigenvalue weighted by Crippen LogP contribution is -2.51. The molecular weight excluding hydrogens is 320 g/mol. The predicted octanol–water partition coefficient (Wildman–Crippen LogP) is 3.39. The number of carbonyl (C=O) groups excluding carboxylic acids is 3. The molecule has 0 radical (unpaired) electrons. The van der Waals surface area contributed by atoms with Gasteiger partial charge in [0.2, 0.25) is 6.41 Å². The maximum Gasteiger partial charge on any atom is 0.408 e. The highest BCUT2D eigenvalue weighted by atomic mass is 35.5. The summed E-state index contributed by atoms with van der Waals surface area (Å²) in [7, 11) is 0. The largest absolute Gasteiger partial charge is 0.444 e. The molecule has 1 aromatic carbocycles. The Kier molecular flexibility index (Phi) is 5.77. The third-order valence-electron chi connectivity index (χ3n) is 2.84. The molecule has 0 saturated heterocycles. The molecule has 6 nitrogen and oxygen atoms in total. The molecule has 2 amide bonds. The van der Waals surface area contributed by atoms with Crippen molar-refractivity contribution in [2.75, 3.05) is 5.32 Å². The van der Waals surface area contributed by atoms with Gasteiger partial charge in [-0.1, -0.05) is 17.7 Å². The number of hydrogen-bond acceptors (Lipinski definition) is 4. The standard InChI is InChI=1S/C16H21ClN2O4/c1-15(2,3)23-14(22)19-16(4,5)13(21)10-7-6-8-11(17)12(10)18-9-20/h6-9H,1-5H3,(H,18,20)(H,19,22). The molecule has 0 fully saturated rings. The van der Waals surface area contributed by atoms with Gasteiger partial charge in [0.25, 0.3) is 0 Å². The van der Waals surface area contributed by atoms with E-state index in [9.17, 15) is 14.4 Å². The Morgan fingerprint density at radius 2 is 1.78 bits per heavy atom. The van der Waals surface area contributed by atoms with E-state index in [1.54, 1.807) is 46.8 Å². The maximum absolute atomic E-state index is 12.7. The second kappa shape index (κ2) is 7.00. The average Bonchev–Trinajstić information content (AvgIpc) is 2.37. The number of nitrogens with one attached hydrogen (secondary N) is 2. The monoisotopic (exact) mass is 340 g/mol. The average molecular weight is 341 g/mol. The summed E-state index contributed by atoms with van der Waals surface area (Å²) in [4.78, 5) is 35.3. The lowest BCUT2D eigenvalue weighted by molar-refractivity contribution is -0.105. The molecule has 0 aliphatic heterocycles. The highest BCUT2D eigenvalue weighted by Gasteiger charge is 2.34. The zero-order valence-electron chi connectivity index (χ0n) is 13.8. The molecule has 0 unspecified atom stereocenters. The van der Waals surface area contributed by atoms with Gasteiger partial charge < -0.3 is 15.4 Å². The molecule has 0 atom stereocenters. The predicted molar refractivity (Wildman–Crippen MR) is 88.9 cm³/mol. The number of Topliss-reactive ketones (excluding diaryl/α,β-unsaturated/α-hetero) is 1. The first-order valence-electron chi connectivity index (χ1n) is 7.02. The summed E-state index contributed by atoms with van der Waals surface area (Å²) < 4.78 is 5.16. The van der Waals surface area contributed by atoms with Crippen LogP contribution in [0.1, 0.15) is 45.0 Å². The normalized spacial score (nSPS) is 11.6. The van der Waals surface area contributed by atoms with Crippen LogP contribution < -0.4 is 10.6 Å². The SMILES string of the molecule is CC(C)(C)OC(=O)NC(C)(C)C(=O)c1cccc(Cl)c1NC=O. The van der Waals surface area contributed by atoms with Gasteiger partial charge in [0.05, 0.1) is 10.7 Å². The second-order valence-corrected chi connectivity index (χ2v) is 6.91. The van der Waals surface area contributed by atoms with E-state index in [0.29, 0.717) is 6.41 Å². The van der Waals surface area contributed by atoms with E-state index in [1.165, 1.54) is 6.07 Å². The Morgan fingerprint density at radius 3 is 2.30 bits per heavy atom. The van der Waals surface area contributed by atoms with Crippen molar-refractivity contribution in [1.82, 2.24) is 5.32 Å². The molecule has 0 aliphatic rings. The fourth-order valence-corrected chi connectivity index (χ4v) is 2.10. The van der Waals surface area contributed by atoms with E-state index in [4.69, 9.17) is 16.3 Å². The van der Waals surface area contributed by atoms with Crippen molar-refractivity contribution in [3.05, 3.63) is 28.8 Å². The van der Waals surface area contributed by atoms with E-state index in [-0.39, 0.29) is 16.3 Å². The Balaban J connectivity index is 3.06. The van der Waals surface area contributed by atoms with Gasteiger partial charge in [0.15, 0.2) is 5.78 Å². The van der Waals surface area contributed by atoms with Crippen molar-refractivity contribution in [2.24, 2.45) is 0 Å². The minimum Gasteiger partial charge on any atom is -0.444 e. The van der Waals surface area contributed by atoms with Gasteiger partial charge in [-0.25, -0.2) is 4.79 Å². The molecular formula is C16H21ClN2O4. The molecule has 7 heteroatoms.